The Balaban J connectivity index is 1.59. The summed E-state index contributed by atoms with van der Waals surface area (Å²) in [6.45, 7) is 0.115. The first kappa shape index (κ1) is 23.1. The van der Waals surface area contributed by atoms with Crippen LogP contribution >= 0.6 is 23.4 Å². The van der Waals surface area contributed by atoms with Gasteiger partial charge in [0, 0.05) is 41.7 Å². The van der Waals surface area contributed by atoms with Crippen LogP contribution in [0.3, 0.4) is 0 Å². The van der Waals surface area contributed by atoms with Crippen molar-refractivity contribution in [2.75, 3.05) is 18.6 Å². The molecule has 1 aromatic carbocycles. The highest BCUT2D eigenvalue weighted by molar-refractivity contribution is 8.09. The Bertz CT molecular complexity index is 1450. The molecule has 2 aliphatic rings. The number of benzene rings is 1. The average molecular weight is 513 g/mol. The van der Waals surface area contributed by atoms with Crippen LogP contribution in [0.15, 0.2) is 36.8 Å². The SMILES string of the molecule is COc1cc(Cl)c(C2=CC3C(S2)C(=O)N(c2cncc4cnn(C)c24)C(=O)N3CCC#N)cc1F. The number of anilines is 1. The number of hydrogen-bond acceptors (Lipinski definition) is 7. The number of imide groups is 1. The lowest BCUT2D eigenvalue weighted by molar-refractivity contribution is -0.119. The van der Waals surface area contributed by atoms with Crippen LogP contribution in [0, 0.1) is 17.1 Å². The minimum atomic E-state index is -0.717. The van der Waals surface area contributed by atoms with Crippen molar-refractivity contribution in [3.63, 3.8) is 0 Å². The van der Waals surface area contributed by atoms with Crippen molar-refractivity contribution in [1.29, 1.82) is 5.26 Å². The van der Waals surface area contributed by atoms with Gasteiger partial charge in [-0.05, 0) is 12.1 Å². The molecule has 2 aromatic heterocycles. The van der Waals surface area contributed by atoms with Crippen LogP contribution in [0.2, 0.25) is 5.02 Å². The standard InChI is InChI=1S/C23H18ClFN6O3S/c1-29-20-12(10-28-29)9-27-11-17(20)31-22(32)21-16(30(23(31)33)5-3-4-26)8-19(35-21)13-6-15(25)18(34-2)7-14(13)24/h6-11,16,21H,3,5H2,1-2H3. The predicted octanol–water partition coefficient (Wildman–Crippen LogP) is 3.98. The Morgan fingerprint density at radius 3 is 2.83 bits per heavy atom. The van der Waals surface area contributed by atoms with Gasteiger partial charge < -0.3 is 9.64 Å². The zero-order valence-electron chi connectivity index (χ0n) is 18.6. The van der Waals surface area contributed by atoms with Crippen LogP contribution in [0.4, 0.5) is 14.9 Å². The van der Waals surface area contributed by atoms with E-state index in [2.05, 4.69) is 16.2 Å². The van der Waals surface area contributed by atoms with E-state index in [1.807, 2.05) is 0 Å². The number of pyridine rings is 1. The van der Waals surface area contributed by atoms with Gasteiger partial charge >= 0.3 is 6.03 Å². The maximum absolute atomic E-state index is 14.5. The number of amides is 3. The average Bonchev–Trinajstić information content (AvgIpc) is 3.45. The summed E-state index contributed by atoms with van der Waals surface area (Å²) in [5.41, 5.74) is 1.28. The van der Waals surface area contributed by atoms with Gasteiger partial charge in [0.2, 0.25) is 0 Å². The zero-order chi connectivity index (χ0) is 24.9. The van der Waals surface area contributed by atoms with Crippen LogP contribution in [0.1, 0.15) is 12.0 Å². The number of nitriles is 1. The summed E-state index contributed by atoms with van der Waals surface area (Å²) in [5.74, 6) is -1.03. The number of aryl methyl sites for hydroxylation is 1. The molecule has 3 aromatic rings. The minimum Gasteiger partial charge on any atom is -0.494 e. The van der Waals surface area contributed by atoms with Crippen molar-refractivity contribution in [2.45, 2.75) is 17.7 Å². The Morgan fingerprint density at radius 2 is 2.09 bits per heavy atom. The number of carbonyl (C=O) groups excluding carboxylic acids is 2. The smallest absolute Gasteiger partial charge is 0.332 e. The summed E-state index contributed by atoms with van der Waals surface area (Å²) in [4.78, 5) is 34.7. The fraction of sp³-hybridized carbons (Fsp3) is 0.261. The first-order valence-electron chi connectivity index (χ1n) is 10.5. The quantitative estimate of drug-likeness (QED) is 0.509. The second-order valence-corrected chi connectivity index (χ2v) is 9.54. The Hall–Kier alpha value is -3.62. The minimum absolute atomic E-state index is 0.00427. The fourth-order valence-corrected chi connectivity index (χ4v) is 6.03. The molecule has 0 saturated carbocycles. The Labute approximate surface area is 208 Å². The number of nitrogens with zero attached hydrogens (tertiary/aromatic N) is 6. The molecule has 0 bridgehead atoms. The predicted molar refractivity (Wildman–Crippen MR) is 129 cm³/mol. The van der Waals surface area contributed by atoms with Gasteiger partial charge in [-0.2, -0.15) is 10.4 Å². The lowest BCUT2D eigenvalue weighted by atomic mass is 10.0. The maximum atomic E-state index is 14.5. The number of rotatable bonds is 5. The van der Waals surface area contributed by atoms with E-state index < -0.39 is 29.0 Å². The van der Waals surface area contributed by atoms with Crippen molar-refractivity contribution in [1.82, 2.24) is 19.7 Å². The maximum Gasteiger partial charge on any atom is 0.332 e. The number of ether oxygens (including phenoxy) is 1. The summed E-state index contributed by atoms with van der Waals surface area (Å²) in [7, 11) is 3.06. The number of fused-ring (bicyclic) bond motifs is 2. The van der Waals surface area contributed by atoms with Gasteiger partial charge in [0.25, 0.3) is 5.91 Å². The highest BCUT2D eigenvalue weighted by Gasteiger charge is 2.50. The zero-order valence-corrected chi connectivity index (χ0v) is 20.2. The fourth-order valence-electron chi connectivity index (χ4n) is 4.36. The topological polar surface area (TPSA) is 104 Å². The molecule has 2 atom stereocenters. The summed E-state index contributed by atoms with van der Waals surface area (Å²) in [5, 5.41) is 13.6. The summed E-state index contributed by atoms with van der Waals surface area (Å²) >= 11 is 7.60. The lowest BCUT2D eigenvalue weighted by Gasteiger charge is -2.40. The molecule has 4 heterocycles. The van der Waals surface area contributed by atoms with Crippen LogP contribution in [-0.2, 0) is 11.8 Å². The van der Waals surface area contributed by atoms with E-state index in [0.29, 0.717) is 27.1 Å². The molecule has 3 amide bonds. The van der Waals surface area contributed by atoms with E-state index in [1.54, 1.807) is 30.2 Å². The molecule has 0 aliphatic carbocycles. The molecule has 2 aliphatic heterocycles. The van der Waals surface area contributed by atoms with Gasteiger partial charge in [0.1, 0.15) is 5.25 Å². The van der Waals surface area contributed by atoms with Crippen LogP contribution in [0.25, 0.3) is 15.8 Å². The summed E-state index contributed by atoms with van der Waals surface area (Å²) in [6.07, 6.45) is 6.47. The second-order valence-electron chi connectivity index (χ2n) is 7.95. The number of halogens is 2. The van der Waals surface area contributed by atoms with Gasteiger partial charge in [-0.1, -0.05) is 11.6 Å². The lowest BCUT2D eigenvalue weighted by Crippen LogP contribution is -2.62. The number of thioether (sulfide) groups is 1. The largest absolute Gasteiger partial charge is 0.494 e. The molecule has 5 rings (SSSR count). The van der Waals surface area contributed by atoms with E-state index in [0.717, 1.165) is 4.90 Å². The third-order valence-corrected chi connectivity index (χ3v) is 7.64. The van der Waals surface area contributed by atoms with Crippen molar-refractivity contribution < 1.29 is 18.7 Å². The molecule has 35 heavy (non-hydrogen) atoms. The van der Waals surface area contributed by atoms with E-state index >= 15 is 0 Å². The Kier molecular flexibility index (Phi) is 5.86. The summed E-state index contributed by atoms with van der Waals surface area (Å²) < 4.78 is 21.0. The molecular formula is C23H18ClFN6O3S. The van der Waals surface area contributed by atoms with E-state index in [9.17, 15) is 19.2 Å². The van der Waals surface area contributed by atoms with Crippen molar-refractivity contribution >= 4 is 56.8 Å². The van der Waals surface area contributed by atoms with Crippen molar-refractivity contribution in [3.8, 4) is 11.8 Å². The highest BCUT2D eigenvalue weighted by Crippen LogP contribution is 2.47. The third-order valence-electron chi connectivity index (χ3n) is 5.98. The van der Waals surface area contributed by atoms with Gasteiger partial charge in [-0.15, -0.1) is 11.8 Å². The van der Waals surface area contributed by atoms with E-state index in [4.69, 9.17) is 16.3 Å². The summed E-state index contributed by atoms with van der Waals surface area (Å²) in [6, 6.07) is 3.49. The second kappa shape index (κ2) is 8.87. The van der Waals surface area contributed by atoms with E-state index in [-0.39, 0.29) is 23.7 Å². The van der Waals surface area contributed by atoms with Crippen LogP contribution < -0.4 is 9.64 Å². The number of carbonyl (C=O) groups is 2. The third kappa shape index (κ3) is 3.69. The molecule has 0 spiro atoms. The molecule has 9 nitrogen and oxygen atoms in total. The monoisotopic (exact) mass is 512 g/mol. The first-order valence-corrected chi connectivity index (χ1v) is 11.8. The molecule has 178 valence electrons. The normalized spacial score (nSPS) is 19.7. The number of aromatic nitrogens is 3. The van der Waals surface area contributed by atoms with Gasteiger partial charge in [-0.3, -0.25) is 14.5 Å². The van der Waals surface area contributed by atoms with Crippen molar-refractivity contribution in [3.05, 3.63) is 53.2 Å². The first-order chi connectivity index (χ1) is 16.8. The van der Waals surface area contributed by atoms with Crippen molar-refractivity contribution in [2.24, 2.45) is 7.05 Å². The van der Waals surface area contributed by atoms with Gasteiger partial charge in [0.05, 0.1) is 54.3 Å². The van der Waals surface area contributed by atoms with E-state index in [1.165, 1.54) is 42.1 Å². The molecule has 0 radical (unpaired) electrons. The number of hydrogen-bond donors (Lipinski definition) is 0. The van der Waals surface area contributed by atoms with Crippen LogP contribution in [0.5, 0.6) is 5.75 Å². The van der Waals surface area contributed by atoms with Gasteiger partial charge in [-0.25, -0.2) is 14.1 Å². The molecule has 1 saturated heterocycles. The molecular weight excluding hydrogens is 495 g/mol. The molecule has 0 N–H and O–H groups in total. The molecule has 1 fully saturated rings. The molecule has 12 heteroatoms. The van der Waals surface area contributed by atoms with Gasteiger partial charge in [0.15, 0.2) is 11.6 Å². The number of methoxy groups -OCH3 is 1. The molecule has 2 unspecified atom stereocenters. The Morgan fingerprint density at radius 1 is 1.29 bits per heavy atom. The highest BCUT2D eigenvalue weighted by atomic mass is 35.5. The van der Waals surface area contributed by atoms with Crippen LogP contribution in [-0.4, -0.2) is 56.5 Å². The number of urea groups is 1.